The van der Waals surface area contributed by atoms with E-state index in [-0.39, 0.29) is 10.2 Å². The Labute approximate surface area is 121 Å². The first kappa shape index (κ1) is 15.3. The van der Waals surface area contributed by atoms with Crippen molar-refractivity contribution < 1.29 is 22.7 Å². The van der Waals surface area contributed by atoms with Gasteiger partial charge in [0.1, 0.15) is 6.10 Å². The average Bonchev–Trinajstić information content (AvgIpc) is 2.38. The van der Waals surface area contributed by atoms with Crippen LogP contribution >= 0.6 is 15.9 Å². The van der Waals surface area contributed by atoms with Crippen molar-refractivity contribution in [2.24, 2.45) is 0 Å². The van der Waals surface area contributed by atoms with Crippen LogP contribution in [-0.2, 0) is 15.7 Å². The molecule has 0 radical (unpaired) electrons. The minimum Gasteiger partial charge on any atom is -0.366 e. The Morgan fingerprint density at radius 2 is 2.15 bits per heavy atom. The number of anilines is 1. The predicted octanol–water partition coefficient (Wildman–Crippen LogP) is 2.39. The Morgan fingerprint density at radius 1 is 1.40 bits per heavy atom. The van der Waals surface area contributed by atoms with Crippen LogP contribution in [0.3, 0.4) is 0 Å². The van der Waals surface area contributed by atoms with Gasteiger partial charge in [0.15, 0.2) is 0 Å². The zero-order chi connectivity index (χ0) is 14.8. The minimum absolute atomic E-state index is 0.0749. The molecule has 1 aromatic carbocycles. The van der Waals surface area contributed by atoms with Gasteiger partial charge in [0.2, 0.25) is 0 Å². The zero-order valence-electron chi connectivity index (χ0n) is 10.3. The number of hydrogen-bond donors (Lipinski definition) is 2. The molecule has 0 bridgehead atoms. The van der Waals surface area contributed by atoms with Crippen LogP contribution in [0.25, 0.3) is 0 Å². The van der Waals surface area contributed by atoms with Gasteiger partial charge in [-0.15, -0.1) is 0 Å². The number of benzene rings is 1. The van der Waals surface area contributed by atoms with Gasteiger partial charge in [-0.25, -0.2) is 0 Å². The van der Waals surface area contributed by atoms with E-state index in [4.69, 9.17) is 4.74 Å². The molecule has 1 aromatic rings. The van der Waals surface area contributed by atoms with Crippen LogP contribution in [-0.4, -0.2) is 31.7 Å². The zero-order valence-corrected chi connectivity index (χ0v) is 11.8. The van der Waals surface area contributed by atoms with Crippen molar-refractivity contribution in [3.8, 4) is 0 Å². The number of carbonyl (C=O) groups excluding carboxylic acids is 1. The van der Waals surface area contributed by atoms with Crippen molar-refractivity contribution in [2.75, 3.05) is 25.0 Å². The third-order valence-electron chi connectivity index (χ3n) is 2.71. The molecule has 1 aliphatic rings. The SMILES string of the molecule is O=C(Nc1cc(Br)cc(C(F)(F)F)c1)C1CNCCO1. The van der Waals surface area contributed by atoms with E-state index in [0.717, 1.165) is 12.1 Å². The van der Waals surface area contributed by atoms with E-state index in [1.165, 1.54) is 6.07 Å². The van der Waals surface area contributed by atoms with Crippen molar-refractivity contribution in [2.45, 2.75) is 12.3 Å². The highest BCUT2D eigenvalue weighted by Gasteiger charge is 2.31. The average molecular weight is 353 g/mol. The number of morpholine rings is 1. The molecule has 1 amide bonds. The van der Waals surface area contributed by atoms with Crippen LogP contribution in [0.5, 0.6) is 0 Å². The van der Waals surface area contributed by atoms with E-state index in [1.54, 1.807) is 0 Å². The second-order valence-electron chi connectivity index (χ2n) is 4.28. The summed E-state index contributed by atoms with van der Waals surface area (Å²) in [5, 5.41) is 5.40. The Balaban J connectivity index is 2.12. The van der Waals surface area contributed by atoms with E-state index in [1.807, 2.05) is 0 Å². The van der Waals surface area contributed by atoms with E-state index in [9.17, 15) is 18.0 Å². The maximum Gasteiger partial charge on any atom is 0.416 e. The van der Waals surface area contributed by atoms with Gasteiger partial charge in [0.05, 0.1) is 12.2 Å². The molecule has 20 heavy (non-hydrogen) atoms. The summed E-state index contributed by atoms with van der Waals surface area (Å²) >= 11 is 3.00. The summed E-state index contributed by atoms with van der Waals surface area (Å²) < 4.78 is 43.5. The Hall–Kier alpha value is -1.12. The third-order valence-corrected chi connectivity index (χ3v) is 3.17. The summed E-state index contributed by atoms with van der Waals surface area (Å²) in [4.78, 5) is 11.9. The van der Waals surface area contributed by atoms with Crippen LogP contribution in [0.4, 0.5) is 18.9 Å². The Morgan fingerprint density at radius 3 is 2.75 bits per heavy atom. The Kier molecular flexibility index (Phi) is 4.66. The molecule has 8 heteroatoms. The fraction of sp³-hybridized carbons (Fsp3) is 0.417. The molecule has 0 spiro atoms. The monoisotopic (exact) mass is 352 g/mol. The number of hydrogen-bond acceptors (Lipinski definition) is 3. The summed E-state index contributed by atoms with van der Waals surface area (Å²) in [5.41, 5.74) is -0.754. The second-order valence-corrected chi connectivity index (χ2v) is 5.19. The summed E-state index contributed by atoms with van der Waals surface area (Å²) in [6, 6.07) is 3.25. The predicted molar refractivity (Wildman–Crippen MR) is 70.4 cm³/mol. The number of alkyl halides is 3. The lowest BCUT2D eigenvalue weighted by atomic mass is 10.2. The van der Waals surface area contributed by atoms with Gasteiger partial charge in [0.25, 0.3) is 5.91 Å². The van der Waals surface area contributed by atoms with Crippen molar-refractivity contribution in [3.05, 3.63) is 28.2 Å². The highest BCUT2D eigenvalue weighted by atomic mass is 79.9. The standard InChI is InChI=1S/C12H12BrF3N2O2/c13-8-3-7(12(14,15)16)4-9(5-8)18-11(19)10-6-17-1-2-20-10/h3-5,10,17H,1-2,6H2,(H,18,19). The van der Waals surface area contributed by atoms with Gasteiger partial charge in [-0.1, -0.05) is 15.9 Å². The molecule has 110 valence electrons. The molecule has 1 atom stereocenters. The topological polar surface area (TPSA) is 50.4 Å². The van der Waals surface area contributed by atoms with Gasteiger partial charge >= 0.3 is 6.18 Å². The second kappa shape index (κ2) is 6.11. The third kappa shape index (κ3) is 3.94. The molecule has 2 rings (SSSR count). The Bertz CT molecular complexity index is 502. The van der Waals surface area contributed by atoms with Crippen molar-refractivity contribution in [1.29, 1.82) is 0 Å². The summed E-state index contributed by atoms with van der Waals surface area (Å²) in [6.07, 6.45) is -5.16. The summed E-state index contributed by atoms with van der Waals surface area (Å²) in [6.45, 7) is 1.38. The van der Waals surface area contributed by atoms with Crippen LogP contribution in [0.1, 0.15) is 5.56 Å². The number of rotatable bonds is 2. The molecule has 0 saturated carbocycles. The van der Waals surface area contributed by atoms with Gasteiger partial charge in [0, 0.05) is 23.2 Å². The summed E-state index contributed by atoms with van der Waals surface area (Å²) in [5.74, 6) is -0.469. The normalized spacial score (nSPS) is 19.7. The van der Waals surface area contributed by atoms with Gasteiger partial charge < -0.3 is 15.4 Å². The number of amides is 1. The fourth-order valence-corrected chi connectivity index (χ4v) is 2.28. The number of halogens is 4. The maximum atomic E-state index is 12.7. The molecule has 1 heterocycles. The molecule has 2 N–H and O–H groups in total. The van der Waals surface area contributed by atoms with Crippen LogP contribution in [0, 0.1) is 0 Å². The largest absolute Gasteiger partial charge is 0.416 e. The fourth-order valence-electron chi connectivity index (χ4n) is 1.78. The molecule has 1 fully saturated rings. The maximum absolute atomic E-state index is 12.7. The van der Waals surface area contributed by atoms with Crippen LogP contribution in [0.2, 0.25) is 0 Å². The molecule has 0 aliphatic carbocycles. The number of nitrogens with one attached hydrogen (secondary N) is 2. The van der Waals surface area contributed by atoms with Crippen LogP contribution < -0.4 is 10.6 Å². The quantitative estimate of drug-likeness (QED) is 0.859. The van der Waals surface area contributed by atoms with Crippen molar-refractivity contribution >= 4 is 27.5 Å². The van der Waals surface area contributed by atoms with E-state index >= 15 is 0 Å². The van der Waals surface area contributed by atoms with E-state index in [2.05, 4.69) is 26.6 Å². The van der Waals surface area contributed by atoms with Gasteiger partial charge in [-0.2, -0.15) is 13.2 Å². The van der Waals surface area contributed by atoms with Crippen molar-refractivity contribution in [3.63, 3.8) is 0 Å². The van der Waals surface area contributed by atoms with Crippen LogP contribution in [0.15, 0.2) is 22.7 Å². The lowest BCUT2D eigenvalue weighted by Crippen LogP contribution is -2.45. The first-order valence-corrected chi connectivity index (χ1v) is 6.66. The molecular formula is C12H12BrF3N2O2. The van der Waals surface area contributed by atoms with Gasteiger partial charge in [-0.3, -0.25) is 4.79 Å². The van der Waals surface area contributed by atoms with Crippen molar-refractivity contribution in [1.82, 2.24) is 5.32 Å². The molecule has 0 aromatic heterocycles. The van der Waals surface area contributed by atoms with E-state index < -0.39 is 23.8 Å². The van der Waals surface area contributed by atoms with Gasteiger partial charge in [-0.05, 0) is 18.2 Å². The molecule has 1 saturated heterocycles. The summed E-state index contributed by atoms with van der Waals surface area (Å²) in [7, 11) is 0. The molecular weight excluding hydrogens is 341 g/mol. The number of carbonyl (C=O) groups is 1. The first-order valence-electron chi connectivity index (χ1n) is 5.87. The smallest absolute Gasteiger partial charge is 0.366 e. The highest BCUT2D eigenvalue weighted by Crippen LogP contribution is 2.33. The lowest BCUT2D eigenvalue weighted by molar-refractivity contribution is -0.137. The highest BCUT2D eigenvalue weighted by molar-refractivity contribution is 9.10. The first-order chi connectivity index (χ1) is 9.36. The molecule has 1 unspecified atom stereocenters. The molecule has 4 nitrogen and oxygen atoms in total. The lowest BCUT2D eigenvalue weighted by Gasteiger charge is -2.23. The molecule has 1 aliphatic heterocycles. The number of ether oxygens (including phenoxy) is 1. The minimum atomic E-state index is -4.47. The van der Waals surface area contributed by atoms with E-state index in [0.29, 0.717) is 19.7 Å².